The van der Waals surface area contributed by atoms with Crippen LogP contribution in [0.2, 0.25) is 0 Å². The molecule has 2 nitrogen and oxygen atoms in total. The van der Waals surface area contributed by atoms with E-state index in [9.17, 15) is 0 Å². The van der Waals surface area contributed by atoms with Crippen LogP contribution in [-0.4, -0.2) is 4.57 Å². The third kappa shape index (κ3) is 4.47. The number of para-hydroxylation sites is 4. The Balaban J connectivity index is 1.13. The van der Waals surface area contributed by atoms with Crippen molar-refractivity contribution < 1.29 is 0 Å². The molecule has 10 aromatic rings. The average molecular weight is 725 g/mol. The van der Waals surface area contributed by atoms with Crippen LogP contribution in [0.25, 0.3) is 60.9 Å². The number of anilines is 3. The summed E-state index contributed by atoms with van der Waals surface area (Å²) < 4.78 is 2.51. The smallest absolute Gasteiger partial charge is 0.0755 e. The van der Waals surface area contributed by atoms with Crippen LogP contribution in [0.4, 0.5) is 17.1 Å². The van der Waals surface area contributed by atoms with E-state index in [2.05, 4.69) is 228 Å². The molecule has 2 heterocycles. The molecule has 1 atom stereocenters. The van der Waals surface area contributed by atoms with Gasteiger partial charge < -0.3 is 9.47 Å². The van der Waals surface area contributed by atoms with E-state index in [1.807, 2.05) is 0 Å². The third-order valence-electron chi connectivity index (χ3n) is 12.4. The number of benzene rings is 9. The number of aromatic nitrogens is 1. The summed E-state index contributed by atoms with van der Waals surface area (Å²) in [7, 11) is 0. The first-order chi connectivity index (χ1) is 28.3. The maximum absolute atomic E-state index is 2.51. The second kappa shape index (κ2) is 12.3. The minimum Gasteiger partial charge on any atom is -0.310 e. The first-order valence-corrected chi connectivity index (χ1v) is 19.8. The Kier molecular flexibility index (Phi) is 6.88. The van der Waals surface area contributed by atoms with Crippen LogP contribution < -0.4 is 4.90 Å². The predicted molar refractivity (Wildman–Crippen MR) is 237 cm³/mol. The van der Waals surface area contributed by atoms with Gasteiger partial charge >= 0.3 is 0 Å². The van der Waals surface area contributed by atoms with Gasteiger partial charge in [0.1, 0.15) is 0 Å². The average Bonchev–Trinajstić information content (AvgIpc) is 3.78. The van der Waals surface area contributed by atoms with Crippen molar-refractivity contribution in [1.29, 1.82) is 0 Å². The second-order valence-corrected chi connectivity index (χ2v) is 15.2. The van der Waals surface area contributed by atoms with E-state index in [1.165, 1.54) is 83.1 Å². The van der Waals surface area contributed by atoms with E-state index in [0.29, 0.717) is 0 Å². The lowest BCUT2D eigenvalue weighted by atomic mass is 9.65. The molecule has 9 aromatic carbocycles. The second-order valence-electron chi connectivity index (χ2n) is 15.2. The van der Waals surface area contributed by atoms with Crippen molar-refractivity contribution in [2.24, 2.45) is 0 Å². The summed E-state index contributed by atoms with van der Waals surface area (Å²) in [5.41, 5.74) is 19.2. The molecule has 0 saturated heterocycles. The largest absolute Gasteiger partial charge is 0.310 e. The maximum atomic E-state index is 2.51. The Hall–Kier alpha value is -7.42. The van der Waals surface area contributed by atoms with Gasteiger partial charge in [0.2, 0.25) is 0 Å². The van der Waals surface area contributed by atoms with Gasteiger partial charge in [-0.25, -0.2) is 0 Å². The Morgan fingerprint density at radius 3 is 1.79 bits per heavy atom. The van der Waals surface area contributed by atoms with Crippen molar-refractivity contribution >= 4 is 38.9 Å². The van der Waals surface area contributed by atoms with Crippen LogP contribution in [0.15, 0.2) is 218 Å². The van der Waals surface area contributed by atoms with Crippen molar-refractivity contribution in [3.05, 3.63) is 241 Å². The van der Waals surface area contributed by atoms with Gasteiger partial charge in [-0.1, -0.05) is 170 Å². The van der Waals surface area contributed by atoms with E-state index >= 15 is 0 Å². The molecule has 57 heavy (non-hydrogen) atoms. The first-order valence-electron chi connectivity index (χ1n) is 19.8. The van der Waals surface area contributed by atoms with Gasteiger partial charge in [0.05, 0.1) is 27.8 Å². The Bertz CT molecular complexity index is 3190. The van der Waals surface area contributed by atoms with Gasteiger partial charge in [0.25, 0.3) is 0 Å². The monoisotopic (exact) mass is 724 g/mol. The summed E-state index contributed by atoms with van der Waals surface area (Å²) in [4.78, 5) is 2.46. The van der Waals surface area contributed by atoms with Gasteiger partial charge in [-0.3, -0.25) is 0 Å². The van der Waals surface area contributed by atoms with E-state index in [1.54, 1.807) is 0 Å². The molecule has 1 aromatic heterocycles. The molecule has 2 aliphatic rings. The number of hydrogen-bond acceptors (Lipinski definition) is 1. The van der Waals surface area contributed by atoms with E-state index in [-0.39, 0.29) is 0 Å². The molecule has 1 aliphatic carbocycles. The number of fused-ring (bicyclic) bond motifs is 12. The van der Waals surface area contributed by atoms with Gasteiger partial charge in [-0.2, -0.15) is 0 Å². The topological polar surface area (TPSA) is 8.17 Å². The van der Waals surface area contributed by atoms with Crippen molar-refractivity contribution in [2.45, 2.75) is 5.41 Å². The molecule has 0 radical (unpaired) electrons. The molecule has 0 fully saturated rings. The Labute approximate surface area is 332 Å². The lowest BCUT2D eigenvalue weighted by Crippen LogP contribution is -2.33. The van der Waals surface area contributed by atoms with Gasteiger partial charge in [-0.15, -0.1) is 0 Å². The standard InChI is InChI=1S/C55H36N2/c1-3-17-37(18-4-1)38-19-13-20-39(35-38)40-21-14-24-42(36-40)56(41-22-5-2-6-23-41)52-34-16-30-48-53(52)45-26-7-9-28-46(45)55(48)47-29-10-12-33-51(47)57-50-32-11-8-25-43(50)44-27-15-31-49(55)54(44)57/h1-36H. The number of nitrogens with zero attached hydrogens (tertiary/aromatic N) is 2. The lowest BCUT2D eigenvalue weighted by molar-refractivity contribution is 0.748. The summed E-state index contributed by atoms with van der Waals surface area (Å²) >= 11 is 0. The zero-order valence-electron chi connectivity index (χ0n) is 31.2. The zero-order valence-corrected chi connectivity index (χ0v) is 31.2. The van der Waals surface area contributed by atoms with Gasteiger partial charge in [-0.05, 0) is 98.6 Å². The summed E-state index contributed by atoms with van der Waals surface area (Å²) in [5.74, 6) is 0. The van der Waals surface area contributed by atoms with Gasteiger partial charge in [0, 0.05) is 27.7 Å². The molecule has 0 amide bonds. The molecule has 1 spiro atoms. The molecule has 266 valence electrons. The van der Waals surface area contributed by atoms with Crippen molar-refractivity contribution in [3.63, 3.8) is 0 Å². The highest BCUT2D eigenvalue weighted by atomic mass is 15.1. The minimum absolute atomic E-state index is 0.523. The van der Waals surface area contributed by atoms with Crippen molar-refractivity contribution in [1.82, 2.24) is 4.57 Å². The molecule has 12 rings (SSSR count). The quantitative estimate of drug-likeness (QED) is 0.172. The van der Waals surface area contributed by atoms with Crippen molar-refractivity contribution in [2.75, 3.05) is 4.90 Å². The van der Waals surface area contributed by atoms with E-state index in [4.69, 9.17) is 0 Å². The summed E-state index contributed by atoms with van der Waals surface area (Å²) in [5, 5.41) is 2.57. The number of rotatable bonds is 5. The summed E-state index contributed by atoms with van der Waals surface area (Å²) in [6.07, 6.45) is 0. The highest BCUT2D eigenvalue weighted by Gasteiger charge is 2.51. The molecule has 1 aliphatic heterocycles. The van der Waals surface area contributed by atoms with Crippen LogP contribution in [0.1, 0.15) is 22.3 Å². The molecule has 0 bridgehead atoms. The van der Waals surface area contributed by atoms with Crippen LogP contribution in [0.5, 0.6) is 0 Å². The third-order valence-corrected chi connectivity index (χ3v) is 12.4. The molecule has 2 heteroatoms. The Morgan fingerprint density at radius 1 is 0.368 bits per heavy atom. The summed E-state index contributed by atoms with van der Waals surface area (Å²) in [6.45, 7) is 0. The molecular formula is C55H36N2. The SMILES string of the molecule is c1ccc(-c2cccc(-c3cccc(N(c4ccccc4)c4cccc5c4-c4ccccc4C54c5ccccc5-n5c6ccccc6c6cccc4c65)c3)c2)cc1. The number of hydrogen-bond donors (Lipinski definition) is 0. The zero-order chi connectivity index (χ0) is 37.5. The summed E-state index contributed by atoms with van der Waals surface area (Å²) in [6, 6.07) is 80.5. The first kappa shape index (κ1) is 31.9. The predicted octanol–water partition coefficient (Wildman–Crippen LogP) is 14.3. The van der Waals surface area contributed by atoms with Crippen LogP contribution in [-0.2, 0) is 5.41 Å². The maximum Gasteiger partial charge on any atom is 0.0755 e. The fourth-order valence-corrected chi connectivity index (χ4v) is 10.1. The van der Waals surface area contributed by atoms with Gasteiger partial charge in [0.15, 0.2) is 0 Å². The fraction of sp³-hybridized carbons (Fsp3) is 0.0182. The normalized spacial score (nSPS) is 14.7. The van der Waals surface area contributed by atoms with Crippen molar-refractivity contribution in [3.8, 4) is 39.1 Å². The molecule has 1 unspecified atom stereocenters. The minimum atomic E-state index is -0.523. The Morgan fingerprint density at radius 2 is 0.930 bits per heavy atom. The van der Waals surface area contributed by atoms with E-state index < -0.39 is 5.41 Å². The highest BCUT2D eigenvalue weighted by Crippen LogP contribution is 2.63. The van der Waals surface area contributed by atoms with Crippen LogP contribution in [0, 0.1) is 0 Å². The fourth-order valence-electron chi connectivity index (χ4n) is 10.1. The highest BCUT2D eigenvalue weighted by molar-refractivity contribution is 6.13. The van der Waals surface area contributed by atoms with E-state index in [0.717, 1.165) is 17.1 Å². The molecule has 0 N–H and O–H groups in total. The lowest BCUT2D eigenvalue weighted by Gasteiger charge is -2.39. The molecular weight excluding hydrogens is 689 g/mol. The van der Waals surface area contributed by atoms with Crippen LogP contribution in [0.3, 0.4) is 0 Å². The van der Waals surface area contributed by atoms with Crippen LogP contribution >= 0.6 is 0 Å². The molecule has 0 saturated carbocycles.